The number of aromatic amines is 1. The van der Waals surface area contributed by atoms with Crippen LogP contribution < -0.4 is 10.1 Å². The summed E-state index contributed by atoms with van der Waals surface area (Å²) in [5.74, 6) is 0.104. The number of carbonyl (C=O) groups is 3. The molecule has 42 heavy (non-hydrogen) atoms. The summed E-state index contributed by atoms with van der Waals surface area (Å²) in [6, 6.07) is 20.1. The first-order valence-electron chi connectivity index (χ1n) is 13.3. The number of imidazole rings is 1. The monoisotopic (exact) mass is 697 g/mol. The molecule has 1 saturated heterocycles. The second-order valence-corrected chi connectivity index (χ2v) is 11.8. The fraction of sp³-hybridized carbons (Fsp3) is 0.226. The summed E-state index contributed by atoms with van der Waals surface area (Å²) in [5, 5.41) is 3.41. The van der Waals surface area contributed by atoms with Crippen LogP contribution in [-0.4, -0.2) is 58.3 Å². The number of rotatable bonds is 9. The van der Waals surface area contributed by atoms with Crippen LogP contribution in [0.5, 0.6) is 5.75 Å². The molecule has 5 rings (SSSR count). The summed E-state index contributed by atoms with van der Waals surface area (Å²) >= 11 is 8.72. The zero-order valence-corrected chi connectivity index (χ0v) is 26.1. The van der Waals surface area contributed by atoms with Crippen LogP contribution in [0.3, 0.4) is 0 Å². The number of carbonyl (C=O) groups excluding carboxylic acids is 3. The fourth-order valence-corrected chi connectivity index (χ4v) is 5.82. The van der Waals surface area contributed by atoms with Gasteiger partial charge in [0.1, 0.15) is 23.7 Å². The number of amides is 4. The Hall–Kier alpha value is -3.90. The first-order valence-corrected chi connectivity index (χ1v) is 14.7. The van der Waals surface area contributed by atoms with Crippen molar-refractivity contribution in [2.75, 3.05) is 20.7 Å². The fourth-order valence-electron chi connectivity index (χ4n) is 4.87. The quantitative estimate of drug-likeness (QED) is 0.166. The molecule has 0 radical (unpaired) electrons. The second-order valence-electron chi connectivity index (χ2n) is 10.2. The van der Waals surface area contributed by atoms with Crippen LogP contribution in [0.4, 0.5) is 4.79 Å². The Balaban J connectivity index is 1.45. The molecule has 2 N–H and O–H groups in total. The standard InChI is InChI=1S/C31H29ClIN5O4/c1-18(19-7-5-4-6-8-19)28(29-34-16-25(35-29)23-14-11-21(33)15-24(23)32)38-30(40)27(36-31(38)41)20-9-12-22(13-10-20)42-17-26(39)37(2)3/h4-16,18,27-28H,17H2,1-3H3,(H,34,35)(H,36,41)/t18-,27-,28+/m1/s1. The molecule has 11 heteroatoms. The van der Waals surface area contributed by atoms with E-state index < -0.39 is 24.0 Å². The van der Waals surface area contributed by atoms with Crippen molar-refractivity contribution in [1.29, 1.82) is 0 Å². The molecule has 4 aromatic rings. The lowest BCUT2D eigenvalue weighted by atomic mass is 9.91. The minimum atomic E-state index is -0.888. The summed E-state index contributed by atoms with van der Waals surface area (Å²) in [4.78, 5) is 49.9. The highest BCUT2D eigenvalue weighted by Crippen LogP contribution is 2.40. The summed E-state index contributed by atoms with van der Waals surface area (Å²) in [7, 11) is 3.31. The van der Waals surface area contributed by atoms with Crippen molar-refractivity contribution in [3.8, 4) is 17.0 Å². The third kappa shape index (κ3) is 6.14. The number of ether oxygens (including phenoxy) is 1. The number of nitrogens with one attached hydrogen (secondary N) is 2. The van der Waals surface area contributed by atoms with Gasteiger partial charge in [0.15, 0.2) is 6.61 Å². The number of likely N-dealkylation sites (N-methyl/N-ethyl adjacent to an activating group) is 1. The lowest BCUT2D eigenvalue weighted by Gasteiger charge is -2.29. The maximum absolute atomic E-state index is 13.9. The zero-order chi connectivity index (χ0) is 30.0. The van der Waals surface area contributed by atoms with Gasteiger partial charge in [-0.05, 0) is 58.0 Å². The van der Waals surface area contributed by atoms with Gasteiger partial charge in [-0.25, -0.2) is 9.78 Å². The first kappa shape index (κ1) is 29.6. The number of H-pyrrole nitrogens is 1. The Kier molecular flexibility index (Phi) is 8.83. The van der Waals surface area contributed by atoms with Gasteiger partial charge < -0.3 is 19.9 Å². The van der Waals surface area contributed by atoms with Crippen molar-refractivity contribution < 1.29 is 19.1 Å². The Morgan fingerprint density at radius 1 is 1.10 bits per heavy atom. The highest BCUT2D eigenvalue weighted by atomic mass is 127. The molecule has 0 saturated carbocycles. The van der Waals surface area contributed by atoms with Gasteiger partial charge in [-0.1, -0.05) is 67.1 Å². The van der Waals surface area contributed by atoms with E-state index in [0.29, 0.717) is 27.9 Å². The minimum absolute atomic E-state index is 0.100. The Morgan fingerprint density at radius 2 is 1.81 bits per heavy atom. The van der Waals surface area contributed by atoms with Crippen LogP contribution in [0.1, 0.15) is 41.9 Å². The first-order chi connectivity index (χ1) is 20.1. The molecule has 3 atom stereocenters. The summed E-state index contributed by atoms with van der Waals surface area (Å²) in [6.07, 6.45) is 1.67. The number of hydrogen-bond acceptors (Lipinski definition) is 5. The van der Waals surface area contributed by atoms with E-state index in [2.05, 4.69) is 37.9 Å². The van der Waals surface area contributed by atoms with Crippen molar-refractivity contribution in [3.63, 3.8) is 0 Å². The molecular formula is C31H29ClIN5O4. The molecule has 2 heterocycles. The van der Waals surface area contributed by atoms with E-state index in [1.165, 1.54) is 9.80 Å². The van der Waals surface area contributed by atoms with Crippen molar-refractivity contribution in [1.82, 2.24) is 25.1 Å². The Labute approximate surface area is 262 Å². The predicted octanol–water partition coefficient (Wildman–Crippen LogP) is 5.94. The summed E-state index contributed by atoms with van der Waals surface area (Å²) < 4.78 is 6.55. The smallest absolute Gasteiger partial charge is 0.325 e. The van der Waals surface area contributed by atoms with Crippen LogP contribution in [0.15, 0.2) is 79.0 Å². The maximum Gasteiger partial charge on any atom is 0.325 e. The summed E-state index contributed by atoms with van der Waals surface area (Å²) in [5.41, 5.74) is 3.00. The number of hydrogen-bond donors (Lipinski definition) is 2. The van der Waals surface area contributed by atoms with E-state index in [1.807, 2.05) is 55.5 Å². The van der Waals surface area contributed by atoms with E-state index >= 15 is 0 Å². The minimum Gasteiger partial charge on any atom is -0.484 e. The van der Waals surface area contributed by atoms with Crippen molar-refractivity contribution >= 4 is 52.0 Å². The molecule has 1 aliphatic heterocycles. The molecule has 3 aromatic carbocycles. The number of imide groups is 1. The molecule has 4 amide bonds. The largest absolute Gasteiger partial charge is 0.484 e. The van der Waals surface area contributed by atoms with Gasteiger partial charge in [0, 0.05) is 29.1 Å². The van der Waals surface area contributed by atoms with Crippen LogP contribution in [-0.2, 0) is 9.59 Å². The number of aromatic nitrogens is 2. The lowest BCUT2D eigenvalue weighted by Crippen LogP contribution is -2.38. The summed E-state index contributed by atoms with van der Waals surface area (Å²) in [6.45, 7) is 1.87. The third-order valence-corrected chi connectivity index (χ3v) is 8.20. The van der Waals surface area contributed by atoms with Crippen molar-refractivity contribution in [2.24, 2.45) is 0 Å². The molecule has 1 aliphatic rings. The predicted molar refractivity (Wildman–Crippen MR) is 168 cm³/mol. The van der Waals surface area contributed by atoms with Gasteiger partial charge in [-0.15, -0.1) is 0 Å². The molecule has 9 nitrogen and oxygen atoms in total. The average Bonchev–Trinajstić information content (AvgIpc) is 3.57. The van der Waals surface area contributed by atoms with Gasteiger partial charge in [-0.2, -0.15) is 0 Å². The van der Waals surface area contributed by atoms with E-state index in [9.17, 15) is 14.4 Å². The number of benzene rings is 3. The van der Waals surface area contributed by atoms with E-state index in [0.717, 1.165) is 14.7 Å². The Bertz CT molecular complexity index is 1610. The van der Waals surface area contributed by atoms with Gasteiger partial charge in [0.25, 0.3) is 11.8 Å². The van der Waals surface area contributed by atoms with E-state index in [-0.39, 0.29) is 18.4 Å². The highest BCUT2D eigenvalue weighted by molar-refractivity contribution is 14.1. The zero-order valence-electron chi connectivity index (χ0n) is 23.2. The molecule has 0 aliphatic carbocycles. The van der Waals surface area contributed by atoms with Gasteiger partial charge in [0.05, 0.1) is 16.9 Å². The van der Waals surface area contributed by atoms with Crippen LogP contribution >= 0.6 is 34.2 Å². The van der Waals surface area contributed by atoms with Crippen LogP contribution in [0.2, 0.25) is 5.02 Å². The molecular weight excluding hydrogens is 669 g/mol. The van der Waals surface area contributed by atoms with E-state index in [1.54, 1.807) is 44.6 Å². The average molecular weight is 698 g/mol. The molecule has 1 aromatic heterocycles. The Morgan fingerprint density at radius 3 is 2.48 bits per heavy atom. The van der Waals surface area contributed by atoms with Gasteiger partial charge >= 0.3 is 6.03 Å². The van der Waals surface area contributed by atoms with Crippen molar-refractivity contribution in [3.05, 3.63) is 105 Å². The molecule has 0 spiro atoms. The van der Waals surface area contributed by atoms with Crippen LogP contribution in [0, 0.1) is 3.57 Å². The highest BCUT2D eigenvalue weighted by Gasteiger charge is 2.46. The molecule has 0 bridgehead atoms. The van der Waals surface area contributed by atoms with Crippen LogP contribution in [0.25, 0.3) is 11.3 Å². The molecule has 216 valence electrons. The normalized spacial score (nSPS) is 16.2. The topological polar surface area (TPSA) is 108 Å². The van der Waals surface area contributed by atoms with Crippen molar-refractivity contribution in [2.45, 2.75) is 24.9 Å². The van der Waals surface area contributed by atoms with Gasteiger partial charge in [-0.3, -0.25) is 14.5 Å². The third-order valence-electron chi connectivity index (χ3n) is 7.22. The maximum atomic E-state index is 13.9. The number of urea groups is 1. The SMILES string of the molecule is C[C@H](c1ccccc1)[C@@H](c1ncc(-c2ccc(I)cc2Cl)[nH]1)N1C(=O)N[C@H](c2ccc(OCC(=O)N(C)C)cc2)C1=O. The second kappa shape index (κ2) is 12.5. The molecule has 1 fully saturated rings. The number of halogens is 2. The lowest BCUT2D eigenvalue weighted by molar-refractivity contribution is -0.131. The molecule has 0 unspecified atom stereocenters. The van der Waals surface area contributed by atoms with E-state index in [4.69, 9.17) is 16.3 Å². The number of nitrogens with zero attached hydrogens (tertiary/aromatic N) is 3. The van der Waals surface area contributed by atoms with Gasteiger partial charge in [0.2, 0.25) is 0 Å².